The molecule has 0 radical (unpaired) electrons. The summed E-state index contributed by atoms with van der Waals surface area (Å²) in [6, 6.07) is 7.69. The lowest BCUT2D eigenvalue weighted by molar-refractivity contribution is -0.125. The van der Waals surface area contributed by atoms with E-state index in [1.165, 1.54) is 0 Å². The lowest BCUT2D eigenvalue weighted by Gasteiger charge is -2.26. The van der Waals surface area contributed by atoms with Crippen LogP contribution in [0.5, 0.6) is 0 Å². The van der Waals surface area contributed by atoms with Crippen molar-refractivity contribution in [2.75, 3.05) is 44.6 Å². The van der Waals surface area contributed by atoms with Crippen molar-refractivity contribution in [3.63, 3.8) is 0 Å². The number of halogens is 2. The number of amides is 2. The van der Waals surface area contributed by atoms with Gasteiger partial charge in [0.15, 0.2) is 0 Å². The topological polar surface area (TPSA) is 73.5 Å². The summed E-state index contributed by atoms with van der Waals surface area (Å²) < 4.78 is 0. The molecule has 1 aromatic carbocycles. The Kier molecular flexibility index (Phi) is 11.4. The van der Waals surface area contributed by atoms with E-state index in [0.29, 0.717) is 6.54 Å². The molecule has 0 bridgehead atoms. The molecule has 0 unspecified atom stereocenters. The second-order valence-electron chi connectivity index (χ2n) is 5.36. The van der Waals surface area contributed by atoms with Gasteiger partial charge in [-0.3, -0.25) is 14.5 Å². The van der Waals surface area contributed by atoms with Crippen LogP contribution in [0.4, 0.5) is 5.69 Å². The molecule has 0 spiro atoms. The minimum atomic E-state index is -0.199. The zero-order valence-electron chi connectivity index (χ0n) is 13.8. The summed E-state index contributed by atoms with van der Waals surface area (Å²) in [7, 11) is 0. The first-order valence-electron chi connectivity index (χ1n) is 7.76. The van der Waals surface area contributed by atoms with Gasteiger partial charge < -0.3 is 16.0 Å². The van der Waals surface area contributed by atoms with Gasteiger partial charge in [0, 0.05) is 31.9 Å². The molecule has 0 aromatic heterocycles. The van der Waals surface area contributed by atoms with Crippen LogP contribution in [-0.2, 0) is 16.0 Å². The fourth-order valence-electron chi connectivity index (χ4n) is 2.45. The zero-order valence-corrected chi connectivity index (χ0v) is 15.5. The van der Waals surface area contributed by atoms with E-state index in [-0.39, 0.29) is 43.2 Å². The Morgan fingerprint density at radius 3 is 2.46 bits per heavy atom. The molecule has 1 fully saturated rings. The molecular formula is C16H26Cl2N4O2. The summed E-state index contributed by atoms with van der Waals surface area (Å²) in [6.07, 6.45) is 0.853. The highest BCUT2D eigenvalue weighted by Crippen LogP contribution is 2.14. The maximum atomic E-state index is 11.9. The number of rotatable bonds is 6. The average Bonchev–Trinajstić information content (AvgIpc) is 2.54. The smallest absolute Gasteiger partial charge is 0.243 e. The summed E-state index contributed by atoms with van der Waals surface area (Å²) >= 11 is 0. The molecule has 2 rings (SSSR count). The van der Waals surface area contributed by atoms with Crippen LogP contribution in [0.2, 0.25) is 0 Å². The summed E-state index contributed by atoms with van der Waals surface area (Å²) in [5, 5.41) is 8.76. The molecule has 1 aliphatic rings. The Hall–Kier alpha value is -1.34. The number of hydrogen-bond donors (Lipinski definition) is 3. The highest BCUT2D eigenvalue weighted by atomic mass is 35.5. The highest BCUT2D eigenvalue weighted by molar-refractivity contribution is 5.95. The van der Waals surface area contributed by atoms with Crippen molar-refractivity contribution in [2.45, 2.75) is 13.3 Å². The van der Waals surface area contributed by atoms with Gasteiger partial charge in [0.05, 0.1) is 13.1 Å². The highest BCUT2D eigenvalue weighted by Gasteiger charge is 2.14. The standard InChI is InChI=1S/C16H24N4O2.2ClH/c1-2-13-5-3-4-6-14(13)19-15(21)11-18-16(22)12-20-9-7-17-8-10-20;;/h3-6,17H,2,7-12H2,1H3,(H,18,22)(H,19,21);2*1H. The number of nitrogens with zero attached hydrogens (tertiary/aromatic N) is 1. The molecule has 1 aliphatic heterocycles. The van der Waals surface area contributed by atoms with E-state index in [2.05, 4.69) is 20.9 Å². The third kappa shape index (κ3) is 7.49. The lowest BCUT2D eigenvalue weighted by atomic mass is 10.1. The largest absolute Gasteiger partial charge is 0.346 e. The molecule has 0 aliphatic carbocycles. The third-order valence-corrected chi connectivity index (χ3v) is 3.70. The maximum Gasteiger partial charge on any atom is 0.243 e. The van der Waals surface area contributed by atoms with Gasteiger partial charge in [-0.25, -0.2) is 0 Å². The van der Waals surface area contributed by atoms with Crippen molar-refractivity contribution in [3.8, 4) is 0 Å². The van der Waals surface area contributed by atoms with Crippen LogP contribution in [0.25, 0.3) is 0 Å². The van der Waals surface area contributed by atoms with Crippen molar-refractivity contribution in [3.05, 3.63) is 29.8 Å². The van der Waals surface area contributed by atoms with Gasteiger partial charge in [-0.2, -0.15) is 0 Å². The van der Waals surface area contributed by atoms with Crippen LogP contribution in [0.3, 0.4) is 0 Å². The molecule has 0 atom stereocenters. The number of piperazine rings is 1. The van der Waals surface area contributed by atoms with Crippen molar-refractivity contribution >= 4 is 42.3 Å². The lowest BCUT2D eigenvalue weighted by Crippen LogP contribution is -2.48. The average molecular weight is 377 g/mol. The predicted octanol–water partition coefficient (Wildman–Crippen LogP) is 1.05. The van der Waals surface area contributed by atoms with E-state index in [4.69, 9.17) is 0 Å². The number of carbonyl (C=O) groups is 2. The van der Waals surface area contributed by atoms with Gasteiger partial charge in [-0.05, 0) is 18.1 Å². The van der Waals surface area contributed by atoms with E-state index in [1.54, 1.807) is 0 Å². The summed E-state index contributed by atoms with van der Waals surface area (Å²) in [6.45, 7) is 5.93. The molecule has 24 heavy (non-hydrogen) atoms. The maximum absolute atomic E-state index is 11.9. The van der Waals surface area contributed by atoms with Gasteiger partial charge in [0.1, 0.15) is 0 Å². The van der Waals surface area contributed by atoms with Crippen LogP contribution < -0.4 is 16.0 Å². The molecule has 136 valence electrons. The number of para-hydroxylation sites is 1. The molecular weight excluding hydrogens is 351 g/mol. The van der Waals surface area contributed by atoms with Gasteiger partial charge in [-0.1, -0.05) is 25.1 Å². The van der Waals surface area contributed by atoms with E-state index < -0.39 is 0 Å². The minimum absolute atomic E-state index is 0. The monoisotopic (exact) mass is 376 g/mol. The van der Waals surface area contributed by atoms with Crippen LogP contribution >= 0.6 is 24.8 Å². The number of aryl methyl sites for hydroxylation is 1. The number of benzene rings is 1. The molecule has 6 nitrogen and oxygen atoms in total. The molecule has 8 heteroatoms. The molecule has 1 heterocycles. The molecule has 3 N–H and O–H groups in total. The predicted molar refractivity (Wildman–Crippen MR) is 101 cm³/mol. The normalized spacial score (nSPS) is 14.0. The third-order valence-electron chi connectivity index (χ3n) is 3.70. The second-order valence-corrected chi connectivity index (χ2v) is 5.36. The Morgan fingerprint density at radius 2 is 1.79 bits per heavy atom. The fourth-order valence-corrected chi connectivity index (χ4v) is 2.45. The van der Waals surface area contributed by atoms with Gasteiger partial charge in [-0.15, -0.1) is 24.8 Å². The number of hydrogen-bond acceptors (Lipinski definition) is 4. The van der Waals surface area contributed by atoms with Crippen molar-refractivity contribution in [2.24, 2.45) is 0 Å². The number of anilines is 1. The summed E-state index contributed by atoms with van der Waals surface area (Å²) in [4.78, 5) is 25.8. The molecule has 1 aromatic rings. The summed E-state index contributed by atoms with van der Waals surface area (Å²) in [5.74, 6) is -0.310. The fraction of sp³-hybridized carbons (Fsp3) is 0.500. The first-order valence-corrected chi connectivity index (χ1v) is 7.76. The second kappa shape index (κ2) is 12.1. The van der Waals surface area contributed by atoms with Crippen molar-refractivity contribution in [1.82, 2.24) is 15.5 Å². The number of nitrogens with one attached hydrogen (secondary N) is 3. The van der Waals surface area contributed by atoms with Crippen molar-refractivity contribution < 1.29 is 9.59 Å². The van der Waals surface area contributed by atoms with E-state index in [9.17, 15) is 9.59 Å². The molecule has 1 saturated heterocycles. The van der Waals surface area contributed by atoms with E-state index >= 15 is 0 Å². The first-order chi connectivity index (χ1) is 10.7. The quantitative estimate of drug-likeness (QED) is 0.693. The van der Waals surface area contributed by atoms with Gasteiger partial charge >= 0.3 is 0 Å². The van der Waals surface area contributed by atoms with Gasteiger partial charge in [0.25, 0.3) is 0 Å². The van der Waals surface area contributed by atoms with Crippen molar-refractivity contribution in [1.29, 1.82) is 0 Å². The van der Waals surface area contributed by atoms with E-state index in [0.717, 1.165) is 43.9 Å². The van der Waals surface area contributed by atoms with Crippen LogP contribution in [-0.4, -0.2) is 56.0 Å². The minimum Gasteiger partial charge on any atom is -0.346 e. The Bertz CT molecular complexity index is 523. The number of carbonyl (C=O) groups excluding carboxylic acids is 2. The van der Waals surface area contributed by atoms with Crippen LogP contribution in [0.1, 0.15) is 12.5 Å². The molecule has 2 amide bonds. The van der Waals surface area contributed by atoms with Gasteiger partial charge in [0.2, 0.25) is 11.8 Å². The zero-order chi connectivity index (χ0) is 15.8. The Morgan fingerprint density at radius 1 is 1.12 bits per heavy atom. The molecule has 0 saturated carbocycles. The Balaban J connectivity index is 0.00000264. The van der Waals surface area contributed by atoms with Crippen LogP contribution in [0.15, 0.2) is 24.3 Å². The first kappa shape index (κ1) is 22.7. The SMILES string of the molecule is CCc1ccccc1NC(=O)CNC(=O)CN1CCNCC1.Cl.Cl. The Labute approximate surface area is 155 Å². The summed E-state index contributed by atoms with van der Waals surface area (Å²) in [5.41, 5.74) is 1.90. The van der Waals surface area contributed by atoms with Crippen LogP contribution in [0, 0.1) is 0 Å². The van der Waals surface area contributed by atoms with E-state index in [1.807, 2.05) is 31.2 Å².